The van der Waals surface area contributed by atoms with Crippen molar-refractivity contribution in [1.29, 1.82) is 0 Å². The molecule has 1 aliphatic rings. The smallest absolute Gasteiger partial charge is 0.162 e. The molecule has 0 bridgehead atoms. The number of aromatic nitrogens is 1. The van der Waals surface area contributed by atoms with E-state index in [2.05, 4.69) is 9.88 Å². The first-order valence-electron chi connectivity index (χ1n) is 9.99. The quantitative estimate of drug-likeness (QED) is 0.547. The number of nitrogens with zero attached hydrogens (tertiary/aromatic N) is 2. The minimum absolute atomic E-state index is 0.230. The second-order valence-electron chi connectivity index (χ2n) is 7.75. The number of pyridine rings is 1. The molecule has 4 heteroatoms. The molecule has 4 rings (SSSR count). The molecule has 2 aromatic carbocycles. The van der Waals surface area contributed by atoms with Gasteiger partial charge in [-0.05, 0) is 56.4 Å². The first-order valence-corrected chi connectivity index (χ1v) is 9.99. The molecule has 1 saturated heterocycles. The number of piperidine rings is 1. The standard InChI is InChI=1S/C24H25FN2O/c1-17-2-5-19(6-3-17)24(28)9-4-18-11-14-27(15-12-18)23-10-13-26-22-8-7-20(25)16-21(22)23/h2-3,5-8,10,13,16,18H,4,9,11-12,14-15H2,1H3. The van der Waals surface area contributed by atoms with Crippen molar-refractivity contribution in [1.82, 2.24) is 4.98 Å². The summed E-state index contributed by atoms with van der Waals surface area (Å²) in [5, 5.41) is 0.871. The number of hydrogen-bond donors (Lipinski definition) is 0. The highest BCUT2D eigenvalue weighted by molar-refractivity contribution is 5.96. The van der Waals surface area contributed by atoms with Crippen LogP contribution >= 0.6 is 0 Å². The largest absolute Gasteiger partial charge is 0.371 e. The molecule has 0 N–H and O–H groups in total. The van der Waals surface area contributed by atoms with E-state index in [-0.39, 0.29) is 11.6 Å². The van der Waals surface area contributed by atoms with Crippen LogP contribution in [-0.2, 0) is 0 Å². The monoisotopic (exact) mass is 376 g/mol. The predicted molar refractivity (Wildman–Crippen MR) is 111 cm³/mol. The predicted octanol–water partition coefficient (Wildman–Crippen LogP) is 5.56. The van der Waals surface area contributed by atoms with E-state index in [4.69, 9.17) is 0 Å². The Hall–Kier alpha value is -2.75. The summed E-state index contributed by atoms with van der Waals surface area (Å²) in [5.41, 5.74) is 3.86. The summed E-state index contributed by atoms with van der Waals surface area (Å²) in [6.45, 7) is 3.89. The molecule has 1 aromatic heterocycles. The first kappa shape index (κ1) is 18.6. The second kappa shape index (κ2) is 8.09. The van der Waals surface area contributed by atoms with Crippen molar-refractivity contribution < 1.29 is 9.18 Å². The van der Waals surface area contributed by atoms with E-state index in [0.717, 1.165) is 54.5 Å². The van der Waals surface area contributed by atoms with E-state index >= 15 is 0 Å². The van der Waals surface area contributed by atoms with Crippen LogP contribution in [0.1, 0.15) is 41.6 Å². The summed E-state index contributed by atoms with van der Waals surface area (Å²) >= 11 is 0. The molecule has 0 spiro atoms. The molecule has 0 atom stereocenters. The van der Waals surface area contributed by atoms with Gasteiger partial charge in [0.25, 0.3) is 0 Å². The van der Waals surface area contributed by atoms with Gasteiger partial charge in [-0.2, -0.15) is 0 Å². The van der Waals surface area contributed by atoms with E-state index in [0.29, 0.717) is 12.3 Å². The minimum atomic E-state index is -0.230. The van der Waals surface area contributed by atoms with Gasteiger partial charge in [0.1, 0.15) is 5.82 Å². The van der Waals surface area contributed by atoms with Crippen molar-refractivity contribution in [2.24, 2.45) is 5.92 Å². The van der Waals surface area contributed by atoms with Gasteiger partial charge in [0.05, 0.1) is 5.52 Å². The summed E-state index contributed by atoms with van der Waals surface area (Å²) in [6.07, 6.45) is 5.45. The second-order valence-corrected chi connectivity index (χ2v) is 7.75. The van der Waals surface area contributed by atoms with Gasteiger partial charge in [-0.3, -0.25) is 9.78 Å². The normalized spacial score (nSPS) is 15.1. The molecule has 1 fully saturated rings. The van der Waals surface area contributed by atoms with Gasteiger partial charge in [0.15, 0.2) is 5.78 Å². The summed E-state index contributed by atoms with van der Waals surface area (Å²) < 4.78 is 13.7. The molecule has 0 amide bonds. The number of carbonyl (C=O) groups excluding carboxylic acids is 1. The van der Waals surface area contributed by atoms with Gasteiger partial charge < -0.3 is 4.90 Å². The number of rotatable bonds is 5. The lowest BCUT2D eigenvalue weighted by Crippen LogP contribution is -2.34. The van der Waals surface area contributed by atoms with E-state index in [9.17, 15) is 9.18 Å². The third-order valence-corrected chi connectivity index (χ3v) is 5.79. The first-order chi connectivity index (χ1) is 13.6. The van der Waals surface area contributed by atoms with E-state index in [1.54, 1.807) is 18.3 Å². The number of halogens is 1. The molecular formula is C24H25FN2O. The third-order valence-electron chi connectivity index (χ3n) is 5.79. The number of anilines is 1. The van der Waals surface area contributed by atoms with E-state index in [1.807, 2.05) is 37.3 Å². The highest BCUT2D eigenvalue weighted by Crippen LogP contribution is 2.31. The Balaban J connectivity index is 1.35. The number of fused-ring (bicyclic) bond motifs is 1. The van der Waals surface area contributed by atoms with Crippen LogP contribution in [-0.4, -0.2) is 23.9 Å². The highest BCUT2D eigenvalue weighted by Gasteiger charge is 2.21. The van der Waals surface area contributed by atoms with Crippen LogP contribution in [0.15, 0.2) is 54.7 Å². The van der Waals surface area contributed by atoms with E-state index < -0.39 is 0 Å². The Morgan fingerprint density at radius 1 is 1.11 bits per heavy atom. The van der Waals surface area contributed by atoms with Gasteiger partial charge in [-0.15, -0.1) is 0 Å². The van der Waals surface area contributed by atoms with Gasteiger partial charge in [0.2, 0.25) is 0 Å². The van der Waals surface area contributed by atoms with Crippen LogP contribution in [0.5, 0.6) is 0 Å². The molecule has 2 heterocycles. The summed E-state index contributed by atoms with van der Waals surface area (Å²) in [6, 6.07) is 14.6. The number of Topliss-reactive ketones (excluding diaryl/α,β-unsaturated/α-hetero) is 1. The summed E-state index contributed by atoms with van der Waals surface area (Å²) in [7, 11) is 0. The fourth-order valence-corrected chi connectivity index (χ4v) is 4.06. The average Bonchev–Trinajstić information content (AvgIpc) is 2.72. The highest BCUT2D eigenvalue weighted by atomic mass is 19.1. The van der Waals surface area contributed by atoms with Gasteiger partial charge in [-0.1, -0.05) is 29.8 Å². The summed E-state index contributed by atoms with van der Waals surface area (Å²) in [5.74, 6) is 0.569. The van der Waals surface area contributed by atoms with Gasteiger partial charge >= 0.3 is 0 Å². The zero-order chi connectivity index (χ0) is 19.5. The molecular weight excluding hydrogens is 351 g/mol. The third kappa shape index (κ3) is 4.06. The Bertz CT molecular complexity index is 976. The van der Waals surface area contributed by atoms with Gasteiger partial charge in [0, 0.05) is 42.3 Å². The lowest BCUT2D eigenvalue weighted by molar-refractivity contribution is 0.0971. The molecule has 1 aliphatic heterocycles. The van der Waals surface area contributed by atoms with Crippen LogP contribution in [0.3, 0.4) is 0 Å². The number of carbonyl (C=O) groups is 1. The Kier molecular flexibility index (Phi) is 5.38. The molecule has 3 nitrogen and oxygen atoms in total. The van der Waals surface area contributed by atoms with Crippen LogP contribution in [0, 0.1) is 18.7 Å². The van der Waals surface area contributed by atoms with Crippen molar-refractivity contribution in [2.45, 2.75) is 32.6 Å². The number of hydrogen-bond acceptors (Lipinski definition) is 3. The van der Waals surface area contributed by atoms with Crippen molar-refractivity contribution in [3.05, 3.63) is 71.7 Å². The van der Waals surface area contributed by atoms with Crippen LogP contribution in [0.2, 0.25) is 0 Å². The Morgan fingerprint density at radius 3 is 2.61 bits per heavy atom. The van der Waals surface area contributed by atoms with Crippen molar-refractivity contribution in [2.75, 3.05) is 18.0 Å². The molecule has 144 valence electrons. The number of ketones is 1. The molecule has 0 aliphatic carbocycles. The van der Waals surface area contributed by atoms with E-state index in [1.165, 1.54) is 11.6 Å². The lowest BCUT2D eigenvalue weighted by atomic mass is 9.90. The zero-order valence-corrected chi connectivity index (χ0v) is 16.2. The number of benzene rings is 2. The zero-order valence-electron chi connectivity index (χ0n) is 16.2. The molecule has 0 saturated carbocycles. The maximum absolute atomic E-state index is 13.7. The topological polar surface area (TPSA) is 33.2 Å². The Labute approximate surface area is 165 Å². The summed E-state index contributed by atoms with van der Waals surface area (Å²) in [4.78, 5) is 19.1. The lowest BCUT2D eigenvalue weighted by Gasteiger charge is -2.34. The Morgan fingerprint density at radius 2 is 1.86 bits per heavy atom. The van der Waals surface area contributed by atoms with Crippen LogP contribution < -0.4 is 4.90 Å². The SMILES string of the molecule is Cc1ccc(C(=O)CCC2CCN(c3ccnc4ccc(F)cc34)CC2)cc1. The van der Waals surface area contributed by atoms with Crippen molar-refractivity contribution in [3.8, 4) is 0 Å². The molecule has 0 radical (unpaired) electrons. The number of aryl methyl sites for hydroxylation is 1. The van der Waals surface area contributed by atoms with Crippen LogP contribution in [0.4, 0.5) is 10.1 Å². The molecule has 0 unspecified atom stereocenters. The van der Waals surface area contributed by atoms with Crippen molar-refractivity contribution in [3.63, 3.8) is 0 Å². The molecule has 28 heavy (non-hydrogen) atoms. The average molecular weight is 376 g/mol. The maximum atomic E-state index is 13.7. The fourth-order valence-electron chi connectivity index (χ4n) is 4.06. The van der Waals surface area contributed by atoms with Crippen LogP contribution in [0.25, 0.3) is 10.9 Å². The van der Waals surface area contributed by atoms with Crippen molar-refractivity contribution >= 4 is 22.4 Å². The van der Waals surface area contributed by atoms with Gasteiger partial charge in [-0.25, -0.2) is 4.39 Å². The molecule has 3 aromatic rings. The minimum Gasteiger partial charge on any atom is -0.371 e. The maximum Gasteiger partial charge on any atom is 0.162 e. The fraction of sp³-hybridized carbons (Fsp3) is 0.333.